The molecule has 8 nitrogen and oxygen atoms in total. The number of piperazine rings is 1. The summed E-state index contributed by atoms with van der Waals surface area (Å²) in [5.41, 5.74) is 0.771. The zero-order valence-corrected chi connectivity index (χ0v) is 16.6. The third kappa shape index (κ3) is 4.41. The molecular formula is C20H20F3N5O3. The molecule has 0 amide bonds. The Kier molecular flexibility index (Phi) is 5.44. The number of hydrogen-bond donors (Lipinski definition) is 2. The topological polar surface area (TPSA) is 98.5 Å². The predicted molar refractivity (Wildman–Crippen MR) is 105 cm³/mol. The number of halogens is 3. The highest BCUT2D eigenvalue weighted by Crippen LogP contribution is 2.30. The van der Waals surface area contributed by atoms with Gasteiger partial charge in [0.15, 0.2) is 5.76 Å². The molecule has 0 aliphatic carbocycles. The molecule has 3 aromatic rings. The molecule has 1 saturated heterocycles. The van der Waals surface area contributed by atoms with Gasteiger partial charge >= 0.3 is 12.1 Å². The molecule has 1 aliphatic rings. The highest BCUT2D eigenvalue weighted by molar-refractivity contribution is 5.88. The van der Waals surface area contributed by atoms with Crippen LogP contribution in [0.4, 0.5) is 19.0 Å². The number of H-pyrrole nitrogens is 1. The minimum Gasteiger partial charge on any atom is -0.478 e. The Hall–Kier alpha value is -3.34. The Morgan fingerprint density at radius 1 is 1.32 bits per heavy atom. The first-order valence-corrected chi connectivity index (χ1v) is 9.59. The number of pyridine rings is 1. The van der Waals surface area contributed by atoms with Crippen LogP contribution in [0.2, 0.25) is 0 Å². The molecule has 0 bridgehead atoms. The maximum Gasteiger partial charge on any atom is 0.417 e. The number of furan rings is 1. The first-order chi connectivity index (χ1) is 14.7. The van der Waals surface area contributed by atoms with Crippen LogP contribution < -0.4 is 4.90 Å². The summed E-state index contributed by atoms with van der Waals surface area (Å²) in [6.45, 7) is 4.51. The van der Waals surface area contributed by atoms with Crippen molar-refractivity contribution in [1.82, 2.24) is 20.1 Å². The number of nitrogens with zero attached hydrogens (tertiary/aromatic N) is 4. The molecule has 0 spiro atoms. The molecule has 0 radical (unpaired) electrons. The molecule has 0 saturated carbocycles. The molecule has 1 atom stereocenters. The van der Waals surface area contributed by atoms with Crippen molar-refractivity contribution < 1.29 is 27.5 Å². The van der Waals surface area contributed by atoms with Crippen molar-refractivity contribution in [1.29, 1.82) is 0 Å². The summed E-state index contributed by atoms with van der Waals surface area (Å²) in [4.78, 5) is 19.3. The number of nitrogens with one attached hydrogen (secondary N) is 1. The van der Waals surface area contributed by atoms with Crippen LogP contribution >= 0.6 is 0 Å². The molecule has 0 aromatic carbocycles. The highest BCUT2D eigenvalue weighted by atomic mass is 19.4. The fourth-order valence-electron chi connectivity index (χ4n) is 3.71. The highest BCUT2D eigenvalue weighted by Gasteiger charge is 2.32. The Labute approximate surface area is 175 Å². The van der Waals surface area contributed by atoms with Crippen molar-refractivity contribution in [3.8, 4) is 11.5 Å². The number of aromatic amines is 1. The van der Waals surface area contributed by atoms with Gasteiger partial charge in [-0.05, 0) is 19.1 Å². The van der Waals surface area contributed by atoms with Gasteiger partial charge in [-0.1, -0.05) is 0 Å². The lowest BCUT2D eigenvalue weighted by Crippen LogP contribution is -2.51. The van der Waals surface area contributed by atoms with E-state index in [2.05, 4.69) is 20.1 Å². The van der Waals surface area contributed by atoms with Crippen LogP contribution in [0.15, 0.2) is 41.3 Å². The number of aromatic nitrogens is 3. The zero-order valence-electron chi connectivity index (χ0n) is 16.6. The van der Waals surface area contributed by atoms with E-state index in [4.69, 9.17) is 9.52 Å². The van der Waals surface area contributed by atoms with Crippen LogP contribution in [0.3, 0.4) is 0 Å². The predicted octanol–water partition coefficient (Wildman–Crippen LogP) is 3.49. The molecule has 31 heavy (non-hydrogen) atoms. The standard InChI is InChI=1S/C20H20F3N5O3/c1-12-9-27(4-5-28(12)17-3-2-15(8-24-17)20(21,22)23)10-14-7-25-26-18(14)16-6-13(11-31-16)19(29)30/h2-3,6-8,11-12H,4-5,9-10H2,1H3,(H,25,26)(H,29,30)/t12-/m1/s1. The smallest absolute Gasteiger partial charge is 0.417 e. The molecule has 11 heteroatoms. The monoisotopic (exact) mass is 435 g/mol. The minimum atomic E-state index is -4.41. The van der Waals surface area contributed by atoms with E-state index < -0.39 is 17.7 Å². The minimum absolute atomic E-state index is 0.0376. The summed E-state index contributed by atoms with van der Waals surface area (Å²) in [5.74, 6) is -0.163. The third-order valence-electron chi connectivity index (χ3n) is 5.29. The van der Waals surface area contributed by atoms with Crippen molar-refractivity contribution in [2.75, 3.05) is 24.5 Å². The Morgan fingerprint density at radius 2 is 2.13 bits per heavy atom. The molecule has 2 N–H and O–H groups in total. The average Bonchev–Trinajstić information content (AvgIpc) is 3.37. The van der Waals surface area contributed by atoms with Crippen molar-refractivity contribution >= 4 is 11.8 Å². The van der Waals surface area contributed by atoms with Crippen molar-refractivity contribution in [2.24, 2.45) is 0 Å². The van der Waals surface area contributed by atoms with E-state index in [0.29, 0.717) is 43.5 Å². The van der Waals surface area contributed by atoms with Crippen LogP contribution in [0.5, 0.6) is 0 Å². The average molecular weight is 435 g/mol. The van der Waals surface area contributed by atoms with Gasteiger partial charge in [0, 0.05) is 50.0 Å². The van der Waals surface area contributed by atoms with Gasteiger partial charge in [0.05, 0.1) is 17.3 Å². The maximum absolute atomic E-state index is 12.8. The van der Waals surface area contributed by atoms with Gasteiger partial charge < -0.3 is 14.4 Å². The molecule has 1 fully saturated rings. The van der Waals surface area contributed by atoms with Gasteiger partial charge in [0.1, 0.15) is 17.8 Å². The van der Waals surface area contributed by atoms with Crippen molar-refractivity contribution in [3.63, 3.8) is 0 Å². The quantitative estimate of drug-likeness (QED) is 0.633. The Balaban J connectivity index is 1.42. The number of alkyl halides is 3. The van der Waals surface area contributed by atoms with Gasteiger partial charge in [-0.3, -0.25) is 10.00 Å². The van der Waals surface area contributed by atoms with Gasteiger partial charge in [0.2, 0.25) is 0 Å². The number of rotatable bonds is 5. The normalized spacial score (nSPS) is 17.8. The summed E-state index contributed by atoms with van der Waals surface area (Å²) in [6, 6.07) is 3.93. The van der Waals surface area contributed by atoms with Gasteiger partial charge in [-0.25, -0.2) is 9.78 Å². The summed E-state index contributed by atoms with van der Waals surface area (Å²) in [7, 11) is 0. The summed E-state index contributed by atoms with van der Waals surface area (Å²) < 4.78 is 43.6. The Bertz CT molecular complexity index is 1060. The SMILES string of the molecule is C[C@@H]1CN(Cc2cn[nH]c2-c2cc(C(=O)O)co2)CCN1c1ccc(C(F)(F)F)cn1. The van der Waals surface area contributed by atoms with E-state index in [9.17, 15) is 18.0 Å². The maximum atomic E-state index is 12.8. The van der Waals surface area contributed by atoms with Crippen LogP contribution in [-0.4, -0.2) is 56.8 Å². The number of carbonyl (C=O) groups is 1. The van der Waals surface area contributed by atoms with E-state index in [1.807, 2.05) is 11.8 Å². The number of aromatic carboxylic acids is 1. The van der Waals surface area contributed by atoms with E-state index >= 15 is 0 Å². The van der Waals surface area contributed by atoms with E-state index in [0.717, 1.165) is 17.8 Å². The number of hydrogen-bond acceptors (Lipinski definition) is 6. The van der Waals surface area contributed by atoms with E-state index in [-0.39, 0.29) is 11.6 Å². The summed E-state index contributed by atoms with van der Waals surface area (Å²) in [5, 5.41) is 16.0. The number of carboxylic acid groups (broad SMARTS) is 1. The summed E-state index contributed by atoms with van der Waals surface area (Å²) >= 11 is 0. The molecule has 0 unspecified atom stereocenters. The largest absolute Gasteiger partial charge is 0.478 e. The van der Waals surface area contributed by atoms with Crippen molar-refractivity contribution in [2.45, 2.75) is 25.7 Å². The number of carboxylic acids is 1. The van der Waals surface area contributed by atoms with Gasteiger partial charge in [-0.2, -0.15) is 18.3 Å². The van der Waals surface area contributed by atoms with Crippen LogP contribution in [0.25, 0.3) is 11.5 Å². The lowest BCUT2D eigenvalue weighted by Gasteiger charge is -2.40. The fraction of sp³-hybridized carbons (Fsp3) is 0.350. The molecule has 4 rings (SSSR count). The van der Waals surface area contributed by atoms with Crippen LogP contribution in [-0.2, 0) is 12.7 Å². The lowest BCUT2D eigenvalue weighted by molar-refractivity contribution is -0.137. The second kappa shape index (κ2) is 8.06. The van der Waals surface area contributed by atoms with E-state index in [1.54, 1.807) is 6.20 Å². The van der Waals surface area contributed by atoms with Crippen LogP contribution in [0.1, 0.15) is 28.4 Å². The Morgan fingerprint density at radius 3 is 2.74 bits per heavy atom. The fourth-order valence-corrected chi connectivity index (χ4v) is 3.71. The second-order valence-corrected chi connectivity index (χ2v) is 7.46. The van der Waals surface area contributed by atoms with Crippen molar-refractivity contribution in [3.05, 3.63) is 53.5 Å². The molecule has 3 aromatic heterocycles. The molecule has 4 heterocycles. The molecular weight excluding hydrogens is 415 g/mol. The third-order valence-corrected chi connectivity index (χ3v) is 5.29. The summed E-state index contributed by atoms with van der Waals surface area (Å²) in [6.07, 6.45) is -0.689. The first-order valence-electron chi connectivity index (χ1n) is 9.59. The number of anilines is 1. The lowest BCUT2D eigenvalue weighted by atomic mass is 10.1. The van der Waals surface area contributed by atoms with Gasteiger partial charge in [-0.15, -0.1) is 0 Å². The molecule has 1 aliphatic heterocycles. The first kappa shape index (κ1) is 20.9. The second-order valence-electron chi connectivity index (χ2n) is 7.46. The van der Waals surface area contributed by atoms with Crippen LogP contribution in [0, 0.1) is 0 Å². The molecule has 164 valence electrons. The zero-order chi connectivity index (χ0) is 22.2. The van der Waals surface area contributed by atoms with E-state index in [1.165, 1.54) is 18.4 Å². The van der Waals surface area contributed by atoms with Gasteiger partial charge in [0.25, 0.3) is 0 Å².